The lowest BCUT2D eigenvalue weighted by molar-refractivity contribution is -0.120. The minimum Gasteiger partial charge on any atom is -0.496 e. The Morgan fingerprint density at radius 2 is 1.55 bits per heavy atom. The number of imide groups is 1. The standard InChI is InChI=1S/C23H24N2O4/c1-3-29-19-13-7-5-11-17(19)25-22(26)20(16-10-4-6-12-18(16)28-2)21(23(25)27)24-14-8-9-15-24/h4-7,10-13H,3,8-9,14-15H2,1-2H3. The third-order valence-electron chi connectivity index (χ3n) is 5.26. The molecule has 29 heavy (non-hydrogen) atoms. The minimum atomic E-state index is -0.353. The van der Waals surface area contributed by atoms with Gasteiger partial charge < -0.3 is 14.4 Å². The van der Waals surface area contributed by atoms with Crippen LogP contribution in [0, 0.1) is 0 Å². The van der Waals surface area contributed by atoms with Crippen LogP contribution in [-0.4, -0.2) is 43.5 Å². The summed E-state index contributed by atoms with van der Waals surface area (Å²) in [6.45, 7) is 3.83. The molecule has 0 radical (unpaired) electrons. The lowest BCUT2D eigenvalue weighted by Gasteiger charge is -2.21. The number of amides is 2. The van der Waals surface area contributed by atoms with Crippen LogP contribution in [0.3, 0.4) is 0 Å². The van der Waals surface area contributed by atoms with Crippen LogP contribution in [-0.2, 0) is 9.59 Å². The van der Waals surface area contributed by atoms with Crippen molar-refractivity contribution < 1.29 is 19.1 Å². The quantitative estimate of drug-likeness (QED) is 0.705. The van der Waals surface area contributed by atoms with Gasteiger partial charge in [0, 0.05) is 18.7 Å². The molecule has 0 atom stereocenters. The maximum atomic E-state index is 13.6. The second-order valence-electron chi connectivity index (χ2n) is 6.96. The molecule has 150 valence electrons. The molecule has 0 N–H and O–H groups in total. The van der Waals surface area contributed by atoms with Crippen molar-refractivity contribution in [2.24, 2.45) is 0 Å². The van der Waals surface area contributed by atoms with Gasteiger partial charge in [-0.15, -0.1) is 0 Å². The number of rotatable bonds is 6. The number of likely N-dealkylation sites (tertiary alicyclic amines) is 1. The smallest absolute Gasteiger partial charge is 0.282 e. The minimum absolute atomic E-state index is 0.315. The monoisotopic (exact) mass is 392 g/mol. The largest absolute Gasteiger partial charge is 0.496 e. The van der Waals surface area contributed by atoms with E-state index >= 15 is 0 Å². The predicted octanol–water partition coefficient (Wildman–Crippen LogP) is 3.47. The maximum absolute atomic E-state index is 13.6. The molecular formula is C23H24N2O4. The Morgan fingerprint density at radius 3 is 2.24 bits per heavy atom. The molecular weight excluding hydrogens is 368 g/mol. The van der Waals surface area contributed by atoms with Crippen LogP contribution in [0.25, 0.3) is 5.57 Å². The number of methoxy groups -OCH3 is 1. The van der Waals surface area contributed by atoms with Gasteiger partial charge >= 0.3 is 0 Å². The first kappa shape index (κ1) is 19.1. The van der Waals surface area contributed by atoms with Crippen molar-refractivity contribution >= 4 is 23.1 Å². The fourth-order valence-corrected chi connectivity index (χ4v) is 3.98. The average Bonchev–Trinajstić information content (AvgIpc) is 3.35. The Balaban J connectivity index is 1.87. The lowest BCUT2D eigenvalue weighted by atomic mass is 10.0. The number of ether oxygens (including phenoxy) is 2. The van der Waals surface area contributed by atoms with E-state index in [1.165, 1.54) is 4.90 Å². The molecule has 2 heterocycles. The van der Waals surface area contributed by atoms with Gasteiger partial charge in [0.25, 0.3) is 11.8 Å². The van der Waals surface area contributed by atoms with E-state index in [0.717, 1.165) is 25.9 Å². The van der Waals surface area contributed by atoms with E-state index in [1.807, 2.05) is 36.1 Å². The van der Waals surface area contributed by atoms with Crippen molar-refractivity contribution in [3.05, 3.63) is 59.8 Å². The number of hydrogen-bond donors (Lipinski definition) is 0. The van der Waals surface area contributed by atoms with E-state index < -0.39 is 0 Å². The Hall–Kier alpha value is -3.28. The molecule has 2 aliphatic rings. The molecule has 2 aromatic rings. The van der Waals surface area contributed by atoms with Crippen LogP contribution in [0.5, 0.6) is 11.5 Å². The fourth-order valence-electron chi connectivity index (χ4n) is 3.98. The van der Waals surface area contributed by atoms with E-state index in [1.54, 1.807) is 31.4 Å². The number of carbonyl (C=O) groups is 2. The molecule has 4 rings (SSSR count). The number of para-hydroxylation sites is 3. The van der Waals surface area contributed by atoms with Gasteiger partial charge in [0.05, 0.1) is 25.0 Å². The summed E-state index contributed by atoms with van der Waals surface area (Å²) in [5, 5.41) is 0. The number of benzene rings is 2. The Kier molecular flexibility index (Phi) is 5.25. The molecule has 2 amide bonds. The molecule has 0 aromatic heterocycles. The number of carbonyl (C=O) groups excluding carboxylic acids is 2. The highest BCUT2D eigenvalue weighted by atomic mass is 16.5. The molecule has 2 aliphatic heterocycles. The van der Waals surface area contributed by atoms with Crippen molar-refractivity contribution in [2.45, 2.75) is 19.8 Å². The van der Waals surface area contributed by atoms with Gasteiger partial charge in [-0.1, -0.05) is 30.3 Å². The van der Waals surface area contributed by atoms with Crippen LogP contribution in [0.1, 0.15) is 25.3 Å². The highest BCUT2D eigenvalue weighted by Crippen LogP contribution is 2.41. The summed E-state index contributed by atoms with van der Waals surface area (Å²) >= 11 is 0. The Labute approximate surface area is 170 Å². The van der Waals surface area contributed by atoms with E-state index in [4.69, 9.17) is 9.47 Å². The summed E-state index contributed by atoms with van der Waals surface area (Å²) < 4.78 is 11.2. The zero-order chi connectivity index (χ0) is 20.4. The van der Waals surface area contributed by atoms with Gasteiger partial charge in [0.1, 0.15) is 17.2 Å². The molecule has 0 unspecified atom stereocenters. The fraction of sp³-hybridized carbons (Fsp3) is 0.304. The Bertz CT molecular complexity index is 976. The van der Waals surface area contributed by atoms with Crippen LogP contribution in [0.2, 0.25) is 0 Å². The Morgan fingerprint density at radius 1 is 0.897 bits per heavy atom. The summed E-state index contributed by atoms with van der Waals surface area (Å²) in [5.41, 5.74) is 1.93. The number of nitrogens with zero attached hydrogens (tertiary/aromatic N) is 2. The zero-order valence-electron chi connectivity index (χ0n) is 16.7. The maximum Gasteiger partial charge on any atom is 0.282 e. The lowest BCUT2D eigenvalue weighted by Crippen LogP contribution is -2.34. The molecule has 0 aliphatic carbocycles. The van der Waals surface area contributed by atoms with Crippen LogP contribution in [0.4, 0.5) is 5.69 Å². The van der Waals surface area contributed by atoms with Crippen LogP contribution in [0.15, 0.2) is 54.2 Å². The van der Waals surface area contributed by atoms with Gasteiger partial charge in [-0.25, -0.2) is 4.90 Å². The molecule has 1 fully saturated rings. The van der Waals surface area contributed by atoms with Crippen LogP contribution >= 0.6 is 0 Å². The first-order valence-corrected chi connectivity index (χ1v) is 9.90. The normalized spacial score (nSPS) is 16.8. The van der Waals surface area contributed by atoms with Gasteiger partial charge in [0.15, 0.2) is 0 Å². The summed E-state index contributed by atoms with van der Waals surface area (Å²) in [4.78, 5) is 30.4. The topological polar surface area (TPSA) is 59.1 Å². The van der Waals surface area contributed by atoms with Gasteiger partial charge in [0.2, 0.25) is 0 Å². The third kappa shape index (κ3) is 3.24. The summed E-state index contributed by atoms with van der Waals surface area (Å²) in [6.07, 6.45) is 2.00. The molecule has 0 spiro atoms. The predicted molar refractivity (Wildman–Crippen MR) is 111 cm³/mol. The van der Waals surface area contributed by atoms with Crippen LogP contribution < -0.4 is 14.4 Å². The van der Waals surface area contributed by atoms with Gasteiger partial charge in [-0.3, -0.25) is 9.59 Å². The summed E-state index contributed by atoms with van der Waals surface area (Å²) in [7, 11) is 1.57. The third-order valence-corrected chi connectivity index (χ3v) is 5.26. The van der Waals surface area contributed by atoms with Crippen molar-refractivity contribution in [2.75, 3.05) is 31.7 Å². The van der Waals surface area contributed by atoms with Crippen molar-refractivity contribution in [1.29, 1.82) is 0 Å². The van der Waals surface area contributed by atoms with Crippen molar-refractivity contribution in [3.8, 4) is 11.5 Å². The number of anilines is 1. The highest BCUT2D eigenvalue weighted by Gasteiger charge is 2.44. The van der Waals surface area contributed by atoms with Gasteiger partial charge in [-0.05, 0) is 38.0 Å². The summed E-state index contributed by atoms with van der Waals surface area (Å²) in [6, 6.07) is 14.5. The molecule has 6 nitrogen and oxygen atoms in total. The second-order valence-corrected chi connectivity index (χ2v) is 6.96. The molecule has 0 saturated carbocycles. The number of hydrogen-bond acceptors (Lipinski definition) is 5. The van der Waals surface area contributed by atoms with E-state index in [2.05, 4.69) is 0 Å². The van der Waals surface area contributed by atoms with Crippen molar-refractivity contribution in [3.63, 3.8) is 0 Å². The molecule has 1 saturated heterocycles. The molecule has 6 heteroatoms. The van der Waals surface area contributed by atoms with E-state index in [-0.39, 0.29) is 11.8 Å². The molecule has 2 aromatic carbocycles. The van der Waals surface area contributed by atoms with E-state index in [0.29, 0.717) is 40.6 Å². The average molecular weight is 392 g/mol. The highest BCUT2D eigenvalue weighted by molar-refractivity contribution is 6.46. The van der Waals surface area contributed by atoms with Gasteiger partial charge in [-0.2, -0.15) is 0 Å². The zero-order valence-corrected chi connectivity index (χ0v) is 16.7. The first-order valence-electron chi connectivity index (χ1n) is 9.90. The second kappa shape index (κ2) is 7.99. The van der Waals surface area contributed by atoms with E-state index in [9.17, 15) is 9.59 Å². The first-order chi connectivity index (χ1) is 14.2. The molecule has 0 bridgehead atoms. The van der Waals surface area contributed by atoms with Crippen molar-refractivity contribution in [1.82, 2.24) is 4.90 Å². The SMILES string of the molecule is CCOc1ccccc1N1C(=O)C(c2ccccc2OC)=C(N2CCCC2)C1=O. The summed E-state index contributed by atoms with van der Waals surface area (Å²) in [5.74, 6) is 0.414.